The number of nitrogens with two attached hydrogens (primary N) is 1. The number of benzene rings is 1. The van der Waals surface area contributed by atoms with Crippen LogP contribution in [0.3, 0.4) is 0 Å². The van der Waals surface area contributed by atoms with Crippen LogP contribution in [0.4, 0.5) is 5.69 Å². The molecule has 0 aromatic heterocycles. The fraction of sp³-hybridized carbons (Fsp3) is 0.467. The van der Waals surface area contributed by atoms with Crippen LogP contribution < -0.4 is 20.9 Å². The molecule has 116 valence electrons. The van der Waals surface area contributed by atoms with Crippen molar-refractivity contribution in [2.75, 3.05) is 25.1 Å². The molecule has 0 heterocycles. The highest BCUT2D eigenvalue weighted by atomic mass is 16.5. The van der Waals surface area contributed by atoms with Gasteiger partial charge >= 0.3 is 0 Å². The van der Waals surface area contributed by atoms with Gasteiger partial charge in [-0.3, -0.25) is 15.0 Å². The van der Waals surface area contributed by atoms with Gasteiger partial charge in [-0.25, -0.2) is 5.84 Å². The number of ether oxygens (including phenoxy) is 1. The zero-order valence-electron chi connectivity index (χ0n) is 12.8. The van der Waals surface area contributed by atoms with Crippen molar-refractivity contribution in [3.8, 4) is 5.75 Å². The lowest BCUT2D eigenvalue weighted by Gasteiger charge is -2.23. The van der Waals surface area contributed by atoms with E-state index in [0.717, 1.165) is 18.8 Å². The van der Waals surface area contributed by atoms with Crippen molar-refractivity contribution in [3.63, 3.8) is 0 Å². The smallest absolute Gasteiger partial charge is 0.234 e. The molecule has 21 heavy (non-hydrogen) atoms. The molecule has 0 saturated heterocycles. The van der Waals surface area contributed by atoms with Gasteiger partial charge in [0.1, 0.15) is 5.75 Å². The Morgan fingerprint density at radius 2 is 1.90 bits per heavy atom. The maximum atomic E-state index is 12.1. The van der Waals surface area contributed by atoms with Gasteiger partial charge < -0.3 is 9.64 Å². The molecule has 1 amide bonds. The first-order valence-corrected chi connectivity index (χ1v) is 7.02. The van der Waals surface area contributed by atoms with E-state index in [0.29, 0.717) is 11.3 Å². The number of hydrazine groups is 1. The molecule has 0 unspecified atom stereocenters. The standard InChI is InChI=1S/C15H23N3O3/c1-4-18(5-2)12-7-6-11(10-14(12)21-3)13(19)8-9-15(20)17-16/h6-7,10H,4-5,8-9,16H2,1-3H3,(H,17,20). The highest BCUT2D eigenvalue weighted by molar-refractivity contribution is 5.98. The molecule has 1 rings (SSSR count). The highest BCUT2D eigenvalue weighted by Gasteiger charge is 2.14. The molecule has 1 aromatic carbocycles. The van der Waals surface area contributed by atoms with Crippen molar-refractivity contribution in [1.29, 1.82) is 0 Å². The molecule has 0 bridgehead atoms. The summed E-state index contributed by atoms with van der Waals surface area (Å²) in [4.78, 5) is 25.3. The Balaban J connectivity index is 2.91. The van der Waals surface area contributed by atoms with E-state index >= 15 is 0 Å². The number of ketones is 1. The van der Waals surface area contributed by atoms with E-state index in [2.05, 4.69) is 18.7 Å². The summed E-state index contributed by atoms with van der Waals surface area (Å²) in [5.41, 5.74) is 3.50. The maximum Gasteiger partial charge on any atom is 0.234 e. The Hall–Kier alpha value is -2.08. The van der Waals surface area contributed by atoms with Crippen LogP contribution in [0.1, 0.15) is 37.0 Å². The van der Waals surface area contributed by atoms with Crippen LogP contribution in [-0.2, 0) is 4.79 Å². The third kappa shape index (κ3) is 4.46. The highest BCUT2D eigenvalue weighted by Crippen LogP contribution is 2.29. The average molecular weight is 293 g/mol. The summed E-state index contributed by atoms with van der Waals surface area (Å²) in [5.74, 6) is 5.19. The predicted molar refractivity (Wildman–Crippen MR) is 82.4 cm³/mol. The van der Waals surface area contributed by atoms with E-state index < -0.39 is 0 Å². The van der Waals surface area contributed by atoms with Gasteiger partial charge in [0.15, 0.2) is 5.78 Å². The molecule has 0 spiro atoms. The minimum absolute atomic E-state index is 0.0788. The lowest BCUT2D eigenvalue weighted by atomic mass is 10.0. The lowest BCUT2D eigenvalue weighted by Crippen LogP contribution is -2.30. The second-order valence-electron chi connectivity index (χ2n) is 4.55. The summed E-state index contributed by atoms with van der Waals surface area (Å²) in [6, 6.07) is 5.36. The quantitative estimate of drug-likeness (QED) is 0.328. The number of carbonyl (C=O) groups excluding carboxylic acids is 2. The topological polar surface area (TPSA) is 84.7 Å². The van der Waals surface area contributed by atoms with E-state index in [1.54, 1.807) is 19.2 Å². The van der Waals surface area contributed by atoms with E-state index in [9.17, 15) is 9.59 Å². The first kappa shape index (κ1) is 17.0. The zero-order valence-corrected chi connectivity index (χ0v) is 12.8. The number of Topliss-reactive ketones (excluding diaryl/α,β-unsaturated/α-hetero) is 1. The van der Waals surface area contributed by atoms with E-state index in [4.69, 9.17) is 10.6 Å². The second-order valence-corrected chi connectivity index (χ2v) is 4.55. The number of nitrogens with one attached hydrogen (secondary N) is 1. The molecule has 3 N–H and O–H groups in total. The van der Waals surface area contributed by atoms with Gasteiger partial charge in [0, 0.05) is 31.5 Å². The summed E-state index contributed by atoms with van der Waals surface area (Å²) < 4.78 is 5.37. The number of anilines is 1. The van der Waals surface area contributed by atoms with Crippen LogP contribution in [0.5, 0.6) is 5.75 Å². The van der Waals surface area contributed by atoms with Crippen molar-refractivity contribution in [2.24, 2.45) is 5.84 Å². The molecule has 0 aliphatic rings. The third-order valence-electron chi connectivity index (χ3n) is 3.35. The Kier molecular flexibility index (Phi) is 6.68. The number of amides is 1. The van der Waals surface area contributed by atoms with Crippen molar-refractivity contribution >= 4 is 17.4 Å². The van der Waals surface area contributed by atoms with Gasteiger partial charge in [-0.1, -0.05) is 0 Å². The first-order chi connectivity index (χ1) is 10.1. The van der Waals surface area contributed by atoms with Crippen molar-refractivity contribution < 1.29 is 14.3 Å². The molecule has 1 aromatic rings. The van der Waals surface area contributed by atoms with Crippen molar-refractivity contribution in [1.82, 2.24) is 5.43 Å². The molecule has 0 radical (unpaired) electrons. The molecule has 6 nitrogen and oxygen atoms in total. The zero-order chi connectivity index (χ0) is 15.8. The summed E-state index contributed by atoms with van der Waals surface area (Å²) in [6.45, 7) is 5.84. The number of methoxy groups -OCH3 is 1. The minimum atomic E-state index is -0.352. The van der Waals surface area contributed by atoms with Gasteiger partial charge in [0.25, 0.3) is 0 Å². The molecular formula is C15H23N3O3. The lowest BCUT2D eigenvalue weighted by molar-refractivity contribution is -0.121. The van der Waals surface area contributed by atoms with Crippen LogP contribution in [0.15, 0.2) is 18.2 Å². The van der Waals surface area contributed by atoms with E-state index in [1.807, 2.05) is 11.5 Å². The van der Waals surface area contributed by atoms with Gasteiger partial charge in [-0.05, 0) is 32.0 Å². The monoisotopic (exact) mass is 293 g/mol. The molecular weight excluding hydrogens is 270 g/mol. The van der Waals surface area contributed by atoms with Gasteiger partial charge in [0.05, 0.1) is 12.8 Å². The summed E-state index contributed by atoms with van der Waals surface area (Å²) >= 11 is 0. The van der Waals surface area contributed by atoms with Crippen molar-refractivity contribution in [2.45, 2.75) is 26.7 Å². The number of hydrogen-bond acceptors (Lipinski definition) is 5. The number of rotatable bonds is 8. The largest absolute Gasteiger partial charge is 0.495 e. The fourth-order valence-electron chi connectivity index (χ4n) is 2.12. The Morgan fingerprint density at radius 1 is 1.24 bits per heavy atom. The minimum Gasteiger partial charge on any atom is -0.495 e. The number of carbonyl (C=O) groups is 2. The summed E-state index contributed by atoms with van der Waals surface area (Å²) in [7, 11) is 1.58. The van der Waals surface area contributed by atoms with Gasteiger partial charge in [-0.2, -0.15) is 0 Å². The molecule has 0 aliphatic heterocycles. The number of nitrogens with zero attached hydrogens (tertiary/aromatic N) is 1. The van der Waals surface area contributed by atoms with Crippen molar-refractivity contribution in [3.05, 3.63) is 23.8 Å². The molecule has 0 fully saturated rings. The summed E-state index contributed by atoms with van der Waals surface area (Å²) in [6.07, 6.45) is 0.201. The van der Waals surface area contributed by atoms with Crippen LogP contribution in [0.2, 0.25) is 0 Å². The second kappa shape index (κ2) is 8.26. The van der Waals surface area contributed by atoms with E-state index in [1.165, 1.54) is 0 Å². The van der Waals surface area contributed by atoms with Gasteiger partial charge in [-0.15, -0.1) is 0 Å². The average Bonchev–Trinajstić information content (AvgIpc) is 2.53. The van der Waals surface area contributed by atoms with Crippen LogP contribution >= 0.6 is 0 Å². The maximum absolute atomic E-state index is 12.1. The van der Waals surface area contributed by atoms with Gasteiger partial charge in [0.2, 0.25) is 5.91 Å². The Morgan fingerprint density at radius 3 is 2.43 bits per heavy atom. The fourth-order valence-corrected chi connectivity index (χ4v) is 2.12. The molecule has 6 heteroatoms. The first-order valence-electron chi connectivity index (χ1n) is 7.02. The normalized spacial score (nSPS) is 10.1. The Labute approximate surface area is 125 Å². The van der Waals surface area contributed by atoms with Crippen LogP contribution in [0.25, 0.3) is 0 Å². The SMILES string of the molecule is CCN(CC)c1ccc(C(=O)CCC(=O)NN)cc1OC. The third-order valence-corrected chi connectivity index (χ3v) is 3.35. The molecule has 0 atom stereocenters. The molecule has 0 aliphatic carbocycles. The van der Waals surface area contributed by atoms with Crippen LogP contribution in [0, 0.1) is 0 Å². The predicted octanol–water partition coefficient (Wildman–Crippen LogP) is 1.49. The molecule has 0 saturated carbocycles. The Bertz CT molecular complexity index is 499. The van der Waals surface area contributed by atoms with E-state index in [-0.39, 0.29) is 24.5 Å². The van der Waals surface area contributed by atoms with Crippen LogP contribution in [-0.4, -0.2) is 31.9 Å². The summed E-state index contributed by atoms with van der Waals surface area (Å²) in [5, 5.41) is 0. The number of hydrogen-bond donors (Lipinski definition) is 2.